The van der Waals surface area contributed by atoms with Gasteiger partial charge in [0, 0.05) is 19.3 Å². The topological polar surface area (TPSA) is 74.7 Å². The predicted octanol–water partition coefficient (Wildman–Crippen LogP) is 1.87. The molecule has 0 radical (unpaired) electrons. The van der Waals surface area contributed by atoms with Crippen LogP contribution in [0.25, 0.3) is 0 Å². The first-order chi connectivity index (χ1) is 9.20. The van der Waals surface area contributed by atoms with Crippen LogP contribution in [0.15, 0.2) is 40.3 Å². The molecule has 0 saturated carbocycles. The van der Waals surface area contributed by atoms with E-state index in [-0.39, 0.29) is 5.84 Å². The average Bonchev–Trinajstić information content (AvgIpc) is 2.91. The van der Waals surface area contributed by atoms with Gasteiger partial charge in [-0.25, -0.2) is 0 Å². The molecule has 100 valence electrons. The lowest BCUT2D eigenvalue weighted by molar-refractivity contribution is 0.315. The van der Waals surface area contributed by atoms with Crippen LogP contribution in [0, 0.1) is 0 Å². The van der Waals surface area contributed by atoms with Crippen molar-refractivity contribution in [1.82, 2.24) is 9.88 Å². The molecule has 0 unspecified atom stereocenters. The van der Waals surface area contributed by atoms with Crippen LogP contribution < -0.4 is 5.73 Å². The standard InChI is InChI=1S/C13H16N4OS/c1-17(7-10-4-6-19-9-10)8-11-3-2-5-15-12(11)13(14)16-18/h2-6,9,18H,7-8H2,1H3,(H2,14,16). The minimum atomic E-state index is 0.0412. The molecule has 0 aliphatic heterocycles. The molecule has 6 heteroatoms. The van der Waals surface area contributed by atoms with Gasteiger partial charge in [0.1, 0.15) is 5.69 Å². The molecular formula is C13H16N4OS. The first-order valence-corrected chi connectivity index (χ1v) is 6.76. The fourth-order valence-electron chi connectivity index (χ4n) is 1.89. The molecule has 0 amide bonds. The van der Waals surface area contributed by atoms with Gasteiger partial charge in [-0.1, -0.05) is 11.2 Å². The summed E-state index contributed by atoms with van der Waals surface area (Å²) in [5.74, 6) is 0.0412. The van der Waals surface area contributed by atoms with E-state index in [1.807, 2.05) is 19.2 Å². The fourth-order valence-corrected chi connectivity index (χ4v) is 2.54. The van der Waals surface area contributed by atoms with Gasteiger partial charge in [0.15, 0.2) is 5.84 Å². The second-order valence-electron chi connectivity index (χ2n) is 4.30. The highest BCUT2D eigenvalue weighted by Crippen LogP contribution is 2.12. The monoisotopic (exact) mass is 276 g/mol. The van der Waals surface area contributed by atoms with Gasteiger partial charge in [-0.3, -0.25) is 9.88 Å². The molecule has 0 bridgehead atoms. The molecule has 3 N–H and O–H groups in total. The quantitative estimate of drug-likeness (QED) is 0.378. The SMILES string of the molecule is CN(Cc1ccsc1)Cc1cccnc1C(N)=NO. The van der Waals surface area contributed by atoms with Gasteiger partial charge in [-0.2, -0.15) is 11.3 Å². The van der Waals surface area contributed by atoms with Crippen molar-refractivity contribution in [1.29, 1.82) is 0 Å². The molecule has 0 fully saturated rings. The van der Waals surface area contributed by atoms with Crippen molar-refractivity contribution < 1.29 is 5.21 Å². The maximum Gasteiger partial charge on any atom is 0.189 e. The van der Waals surface area contributed by atoms with Crippen LogP contribution in [-0.4, -0.2) is 28.0 Å². The first kappa shape index (κ1) is 13.5. The van der Waals surface area contributed by atoms with Gasteiger partial charge in [0.2, 0.25) is 0 Å². The fraction of sp³-hybridized carbons (Fsp3) is 0.231. The molecule has 0 aliphatic carbocycles. The number of hydrogen-bond acceptors (Lipinski definition) is 5. The summed E-state index contributed by atoms with van der Waals surface area (Å²) in [4.78, 5) is 6.32. The van der Waals surface area contributed by atoms with Gasteiger partial charge in [-0.15, -0.1) is 0 Å². The summed E-state index contributed by atoms with van der Waals surface area (Å²) in [6, 6.07) is 5.89. The van der Waals surface area contributed by atoms with E-state index in [0.29, 0.717) is 12.2 Å². The second-order valence-corrected chi connectivity index (χ2v) is 5.08. The minimum absolute atomic E-state index is 0.0412. The van der Waals surface area contributed by atoms with E-state index < -0.39 is 0 Å². The zero-order valence-corrected chi connectivity index (χ0v) is 11.5. The summed E-state index contributed by atoms with van der Waals surface area (Å²) in [5, 5.41) is 16.0. The number of pyridine rings is 1. The number of oxime groups is 1. The van der Waals surface area contributed by atoms with Crippen LogP contribution >= 0.6 is 11.3 Å². The maximum atomic E-state index is 8.76. The number of aromatic nitrogens is 1. The van der Waals surface area contributed by atoms with Crippen molar-refractivity contribution >= 4 is 17.2 Å². The van der Waals surface area contributed by atoms with Crippen molar-refractivity contribution in [3.8, 4) is 0 Å². The average molecular weight is 276 g/mol. The third-order valence-corrected chi connectivity index (χ3v) is 3.45. The Hall–Kier alpha value is -1.92. The molecular weight excluding hydrogens is 260 g/mol. The van der Waals surface area contributed by atoms with E-state index in [0.717, 1.165) is 12.1 Å². The molecule has 0 aliphatic rings. The second kappa shape index (κ2) is 6.31. The van der Waals surface area contributed by atoms with E-state index >= 15 is 0 Å². The Morgan fingerprint density at radius 1 is 1.47 bits per heavy atom. The van der Waals surface area contributed by atoms with Crippen molar-refractivity contribution in [3.05, 3.63) is 52.0 Å². The molecule has 0 saturated heterocycles. The lowest BCUT2D eigenvalue weighted by atomic mass is 10.1. The van der Waals surface area contributed by atoms with Crippen molar-refractivity contribution in [2.24, 2.45) is 10.9 Å². The number of hydrogen-bond donors (Lipinski definition) is 2. The summed E-state index contributed by atoms with van der Waals surface area (Å²) in [6.07, 6.45) is 1.63. The van der Waals surface area contributed by atoms with Gasteiger partial charge in [0.05, 0.1) is 0 Å². The van der Waals surface area contributed by atoms with Gasteiger partial charge >= 0.3 is 0 Å². The lowest BCUT2D eigenvalue weighted by Crippen LogP contribution is -2.22. The van der Waals surface area contributed by atoms with Gasteiger partial charge in [-0.05, 0) is 41.1 Å². The summed E-state index contributed by atoms with van der Waals surface area (Å²) in [5.41, 5.74) is 8.38. The smallest absolute Gasteiger partial charge is 0.189 e. The zero-order valence-electron chi connectivity index (χ0n) is 10.7. The lowest BCUT2D eigenvalue weighted by Gasteiger charge is -2.17. The van der Waals surface area contributed by atoms with Crippen molar-refractivity contribution in [2.75, 3.05) is 7.05 Å². The summed E-state index contributed by atoms with van der Waals surface area (Å²) in [6.45, 7) is 1.54. The van der Waals surface area contributed by atoms with E-state index in [1.165, 1.54) is 5.56 Å². The molecule has 2 rings (SSSR count). The Morgan fingerprint density at radius 2 is 2.32 bits per heavy atom. The highest BCUT2D eigenvalue weighted by molar-refractivity contribution is 7.07. The number of amidine groups is 1. The Bertz CT molecular complexity index is 554. The molecule has 0 aromatic carbocycles. The maximum absolute atomic E-state index is 8.76. The minimum Gasteiger partial charge on any atom is -0.409 e. The molecule has 0 atom stereocenters. The van der Waals surface area contributed by atoms with Gasteiger partial charge in [0.25, 0.3) is 0 Å². The van der Waals surface area contributed by atoms with Crippen molar-refractivity contribution in [2.45, 2.75) is 13.1 Å². The molecule has 5 nitrogen and oxygen atoms in total. The third-order valence-electron chi connectivity index (χ3n) is 2.71. The molecule has 19 heavy (non-hydrogen) atoms. The van der Waals surface area contributed by atoms with E-state index in [2.05, 4.69) is 31.9 Å². The van der Waals surface area contributed by atoms with E-state index in [4.69, 9.17) is 10.9 Å². The summed E-state index contributed by atoms with van der Waals surface area (Å²) in [7, 11) is 2.03. The van der Waals surface area contributed by atoms with Crippen molar-refractivity contribution in [3.63, 3.8) is 0 Å². The highest BCUT2D eigenvalue weighted by atomic mass is 32.1. The predicted molar refractivity (Wildman–Crippen MR) is 76.2 cm³/mol. The van der Waals surface area contributed by atoms with E-state index in [9.17, 15) is 0 Å². The van der Waals surface area contributed by atoms with Crippen LogP contribution in [0.1, 0.15) is 16.8 Å². The number of nitrogens with two attached hydrogens (primary N) is 1. The molecule has 2 aromatic heterocycles. The Balaban J connectivity index is 2.10. The summed E-state index contributed by atoms with van der Waals surface area (Å²) < 4.78 is 0. The number of thiophene rings is 1. The number of nitrogens with zero attached hydrogens (tertiary/aromatic N) is 3. The third kappa shape index (κ3) is 3.52. The number of rotatable bonds is 5. The van der Waals surface area contributed by atoms with Crippen LogP contribution in [0.4, 0.5) is 0 Å². The van der Waals surface area contributed by atoms with Gasteiger partial charge < -0.3 is 10.9 Å². The largest absolute Gasteiger partial charge is 0.409 e. The summed E-state index contributed by atoms with van der Waals surface area (Å²) >= 11 is 1.69. The Morgan fingerprint density at radius 3 is 3.00 bits per heavy atom. The first-order valence-electron chi connectivity index (χ1n) is 5.82. The molecule has 2 aromatic rings. The van der Waals surface area contributed by atoms with Crippen LogP contribution in [0.2, 0.25) is 0 Å². The molecule has 0 spiro atoms. The Labute approximate surface area is 116 Å². The van der Waals surface area contributed by atoms with Crippen LogP contribution in [0.3, 0.4) is 0 Å². The normalized spacial score (nSPS) is 12.0. The highest BCUT2D eigenvalue weighted by Gasteiger charge is 2.10. The molecule has 2 heterocycles. The Kier molecular flexibility index (Phi) is 4.48. The van der Waals surface area contributed by atoms with Crippen LogP contribution in [0.5, 0.6) is 0 Å². The van der Waals surface area contributed by atoms with Crippen LogP contribution in [-0.2, 0) is 13.1 Å². The zero-order chi connectivity index (χ0) is 13.7. The van der Waals surface area contributed by atoms with E-state index in [1.54, 1.807) is 17.5 Å².